The molecule has 0 radical (unpaired) electrons. The average molecular weight is 277 g/mol. The Balaban J connectivity index is 2.15. The molecule has 1 aromatic rings. The monoisotopic (exact) mass is 277 g/mol. The number of carbonyl (C=O) groups excluding carboxylic acids is 1. The van der Waals surface area contributed by atoms with Crippen molar-refractivity contribution in [1.29, 1.82) is 0 Å². The predicted octanol–water partition coefficient (Wildman–Crippen LogP) is 2.15. The van der Waals surface area contributed by atoms with Crippen molar-refractivity contribution in [3.8, 4) is 0 Å². The van der Waals surface area contributed by atoms with E-state index in [0.717, 1.165) is 18.8 Å². The van der Waals surface area contributed by atoms with E-state index in [4.69, 9.17) is 4.74 Å². The number of anilines is 1. The van der Waals surface area contributed by atoms with Crippen molar-refractivity contribution in [2.45, 2.75) is 32.7 Å². The zero-order valence-corrected chi connectivity index (χ0v) is 12.5. The summed E-state index contributed by atoms with van der Waals surface area (Å²) in [6.07, 6.45) is 1.02. The zero-order chi connectivity index (χ0) is 14.6. The first-order valence-electron chi connectivity index (χ1n) is 7.15. The van der Waals surface area contributed by atoms with Gasteiger partial charge in [-0.15, -0.1) is 0 Å². The Bertz CT molecular complexity index is 474. The summed E-state index contributed by atoms with van der Waals surface area (Å²) >= 11 is 0. The summed E-state index contributed by atoms with van der Waals surface area (Å²) in [5.41, 5.74) is 0.199. The van der Waals surface area contributed by atoms with Crippen LogP contribution in [0.4, 0.5) is 5.82 Å². The first-order valence-corrected chi connectivity index (χ1v) is 7.15. The van der Waals surface area contributed by atoms with Gasteiger partial charge in [0.15, 0.2) is 0 Å². The third-order valence-electron chi connectivity index (χ3n) is 3.41. The van der Waals surface area contributed by atoms with E-state index >= 15 is 0 Å². The molecule has 0 aliphatic carbocycles. The van der Waals surface area contributed by atoms with Gasteiger partial charge in [-0.05, 0) is 32.4 Å². The summed E-state index contributed by atoms with van der Waals surface area (Å²) in [5.74, 6) is 0.724. The number of nitrogens with one attached hydrogen (secondary N) is 1. The number of carbonyl (C=O) groups is 1. The second-order valence-electron chi connectivity index (χ2n) is 5.66. The highest BCUT2D eigenvalue weighted by atomic mass is 16.5. The summed E-state index contributed by atoms with van der Waals surface area (Å²) in [6, 6.07) is 5.52. The maximum absolute atomic E-state index is 12.6. The molecule has 110 valence electrons. The molecule has 1 aliphatic heterocycles. The Morgan fingerprint density at radius 1 is 1.50 bits per heavy atom. The molecule has 1 saturated heterocycles. The Morgan fingerprint density at radius 2 is 2.30 bits per heavy atom. The van der Waals surface area contributed by atoms with Crippen LogP contribution in [-0.2, 0) is 4.74 Å². The minimum absolute atomic E-state index is 0.0292. The van der Waals surface area contributed by atoms with Crippen LogP contribution >= 0.6 is 0 Å². The molecule has 1 fully saturated rings. The first kappa shape index (κ1) is 14.8. The lowest BCUT2D eigenvalue weighted by molar-refractivity contribution is -0.0373. The molecule has 2 heterocycles. The van der Waals surface area contributed by atoms with Crippen LogP contribution in [0.2, 0.25) is 0 Å². The summed E-state index contributed by atoms with van der Waals surface area (Å²) in [7, 11) is 0. The minimum Gasteiger partial charge on any atom is -0.377 e. The SMILES string of the molecule is CCCNc1cccc(C(=O)N2CCOCC2(C)C)n1. The van der Waals surface area contributed by atoms with E-state index in [0.29, 0.717) is 25.5 Å². The molecule has 1 aromatic heterocycles. The highest BCUT2D eigenvalue weighted by molar-refractivity contribution is 5.93. The number of ether oxygens (including phenoxy) is 1. The van der Waals surface area contributed by atoms with Crippen molar-refractivity contribution in [1.82, 2.24) is 9.88 Å². The number of pyridine rings is 1. The predicted molar refractivity (Wildman–Crippen MR) is 79.0 cm³/mol. The lowest BCUT2D eigenvalue weighted by Gasteiger charge is -2.41. The number of morpholine rings is 1. The Morgan fingerprint density at radius 3 is 3.00 bits per heavy atom. The molecule has 1 N–H and O–H groups in total. The maximum atomic E-state index is 12.6. The quantitative estimate of drug-likeness (QED) is 0.916. The van der Waals surface area contributed by atoms with Gasteiger partial charge in [-0.3, -0.25) is 4.79 Å². The third-order valence-corrected chi connectivity index (χ3v) is 3.41. The molecule has 0 saturated carbocycles. The fraction of sp³-hybridized carbons (Fsp3) is 0.600. The van der Waals surface area contributed by atoms with Gasteiger partial charge in [0.1, 0.15) is 11.5 Å². The van der Waals surface area contributed by atoms with Crippen molar-refractivity contribution in [2.75, 3.05) is 31.6 Å². The van der Waals surface area contributed by atoms with E-state index in [-0.39, 0.29) is 11.4 Å². The van der Waals surface area contributed by atoms with Gasteiger partial charge in [-0.1, -0.05) is 13.0 Å². The lowest BCUT2D eigenvalue weighted by atomic mass is 10.0. The average Bonchev–Trinajstić information content (AvgIpc) is 2.44. The topological polar surface area (TPSA) is 54.5 Å². The third kappa shape index (κ3) is 3.28. The Kier molecular flexibility index (Phi) is 4.60. The number of nitrogens with zero attached hydrogens (tertiary/aromatic N) is 2. The highest BCUT2D eigenvalue weighted by Crippen LogP contribution is 2.21. The molecule has 1 aliphatic rings. The van der Waals surface area contributed by atoms with E-state index in [1.54, 1.807) is 6.07 Å². The summed E-state index contributed by atoms with van der Waals surface area (Å²) in [5, 5.41) is 3.21. The van der Waals surface area contributed by atoms with Crippen LogP contribution in [-0.4, -0.2) is 47.6 Å². The van der Waals surface area contributed by atoms with E-state index in [1.807, 2.05) is 30.9 Å². The molecule has 0 atom stereocenters. The number of rotatable bonds is 4. The standard InChI is InChI=1S/C15H23N3O2/c1-4-8-16-13-7-5-6-12(17-13)14(19)18-9-10-20-11-15(18,2)3/h5-7H,4,8-11H2,1-3H3,(H,16,17). The Labute approximate surface area is 120 Å². The molecular weight excluding hydrogens is 254 g/mol. The first-order chi connectivity index (χ1) is 9.54. The van der Waals surface area contributed by atoms with Gasteiger partial charge in [-0.25, -0.2) is 4.98 Å². The molecule has 0 unspecified atom stereocenters. The fourth-order valence-electron chi connectivity index (χ4n) is 2.28. The number of aromatic nitrogens is 1. The van der Waals surface area contributed by atoms with Gasteiger partial charge in [0, 0.05) is 13.1 Å². The van der Waals surface area contributed by atoms with Crippen LogP contribution in [0.3, 0.4) is 0 Å². The van der Waals surface area contributed by atoms with E-state index < -0.39 is 0 Å². The summed E-state index contributed by atoms with van der Waals surface area (Å²) in [6.45, 7) is 8.74. The molecule has 1 amide bonds. The molecule has 0 aromatic carbocycles. The van der Waals surface area contributed by atoms with Gasteiger partial charge in [0.2, 0.25) is 0 Å². The fourth-order valence-corrected chi connectivity index (χ4v) is 2.28. The zero-order valence-electron chi connectivity index (χ0n) is 12.5. The van der Waals surface area contributed by atoms with E-state index in [1.165, 1.54) is 0 Å². The lowest BCUT2D eigenvalue weighted by Crippen LogP contribution is -2.55. The summed E-state index contributed by atoms with van der Waals surface area (Å²) in [4.78, 5) is 18.9. The molecule has 0 spiro atoms. The van der Waals surface area contributed by atoms with Crippen LogP contribution in [0, 0.1) is 0 Å². The highest BCUT2D eigenvalue weighted by Gasteiger charge is 2.35. The van der Waals surface area contributed by atoms with Crippen molar-refractivity contribution >= 4 is 11.7 Å². The van der Waals surface area contributed by atoms with Crippen molar-refractivity contribution in [3.05, 3.63) is 23.9 Å². The number of hydrogen-bond donors (Lipinski definition) is 1. The van der Waals surface area contributed by atoms with Crippen LogP contribution in [0.1, 0.15) is 37.7 Å². The van der Waals surface area contributed by atoms with Gasteiger partial charge >= 0.3 is 0 Å². The molecule has 5 nitrogen and oxygen atoms in total. The Hall–Kier alpha value is -1.62. The molecule has 20 heavy (non-hydrogen) atoms. The number of amides is 1. The minimum atomic E-state index is -0.288. The largest absolute Gasteiger partial charge is 0.377 e. The van der Waals surface area contributed by atoms with E-state index in [9.17, 15) is 4.79 Å². The van der Waals surface area contributed by atoms with Gasteiger partial charge in [0.05, 0.1) is 18.8 Å². The van der Waals surface area contributed by atoms with Crippen LogP contribution in [0.5, 0.6) is 0 Å². The van der Waals surface area contributed by atoms with E-state index in [2.05, 4.69) is 17.2 Å². The van der Waals surface area contributed by atoms with Gasteiger partial charge < -0.3 is 15.0 Å². The number of hydrogen-bond acceptors (Lipinski definition) is 4. The molecule has 5 heteroatoms. The second-order valence-corrected chi connectivity index (χ2v) is 5.66. The summed E-state index contributed by atoms with van der Waals surface area (Å²) < 4.78 is 5.45. The maximum Gasteiger partial charge on any atom is 0.273 e. The molecular formula is C15H23N3O2. The van der Waals surface area contributed by atoms with Gasteiger partial charge in [0.25, 0.3) is 5.91 Å². The molecule has 2 rings (SSSR count). The van der Waals surface area contributed by atoms with Crippen molar-refractivity contribution in [3.63, 3.8) is 0 Å². The van der Waals surface area contributed by atoms with Crippen LogP contribution < -0.4 is 5.32 Å². The normalized spacial score (nSPS) is 17.9. The van der Waals surface area contributed by atoms with Crippen molar-refractivity contribution < 1.29 is 9.53 Å². The van der Waals surface area contributed by atoms with Crippen LogP contribution in [0.25, 0.3) is 0 Å². The van der Waals surface area contributed by atoms with Crippen molar-refractivity contribution in [2.24, 2.45) is 0 Å². The van der Waals surface area contributed by atoms with Gasteiger partial charge in [-0.2, -0.15) is 0 Å². The molecule has 0 bridgehead atoms. The second kappa shape index (κ2) is 6.22. The smallest absolute Gasteiger partial charge is 0.273 e. The van der Waals surface area contributed by atoms with Crippen LogP contribution in [0.15, 0.2) is 18.2 Å².